The fraction of sp³-hybridized carbons (Fsp3) is 0.329. The Morgan fingerprint density at radius 2 is 1.12 bits per heavy atom. The first-order valence-corrected chi connectivity index (χ1v) is 35.5. The number of H-pyrrole nitrogens is 2. The summed E-state index contributed by atoms with van der Waals surface area (Å²) in [5.74, 6) is -17.4. The normalized spacial score (nSPS) is 21.7. The number of halogens is 1. The van der Waals surface area contributed by atoms with Crippen LogP contribution in [0.1, 0.15) is 73.0 Å². The Morgan fingerprint density at radius 3 is 1.71 bits per heavy atom. The molecule has 0 bridgehead atoms. The van der Waals surface area contributed by atoms with Gasteiger partial charge in [0.15, 0.2) is 5.96 Å². The van der Waals surface area contributed by atoms with E-state index in [1.54, 1.807) is 72.9 Å². The highest BCUT2D eigenvalue weighted by Crippen LogP contribution is 2.26. The number of carboxylic acids is 1. The fourth-order valence-corrected chi connectivity index (χ4v) is 12.4. The Labute approximate surface area is 637 Å². The molecule has 1 fully saturated rings. The Balaban J connectivity index is 1.30. The van der Waals surface area contributed by atoms with Gasteiger partial charge in [-0.2, -0.15) is 0 Å². The number of aromatic amines is 2. The third-order valence-electron chi connectivity index (χ3n) is 17.9. The number of fused-ring (bicyclic) bond motifs is 1. The second-order valence-electron chi connectivity index (χ2n) is 26.2. The lowest BCUT2D eigenvalue weighted by molar-refractivity contribution is -0.168. The van der Waals surface area contributed by atoms with Crippen molar-refractivity contribution in [3.05, 3.63) is 183 Å². The summed E-state index contributed by atoms with van der Waals surface area (Å²) in [4.78, 5) is 207. The molecule has 1 aliphatic heterocycles. The number of phenols is 2. The number of phenolic OH excluding ortho intramolecular Hbond substituents is 2. The van der Waals surface area contributed by atoms with Crippen LogP contribution in [0.15, 0.2) is 151 Å². The number of imidazole rings is 1. The molecule has 36 heteroatoms. The number of benzene rings is 5. The lowest BCUT2D eigenvalue weighted by atomic mass is 9.97. The Kier molecular flexibility index (Phi) is 28.8. The van der Waals surface area contributed by atoms with Crippen LogP contribution in [0.5, 0.6) is 11.5 Å². The van der Waals surface area contributed by atoms with Gasteiger partial charge in [-0.3, -0.25) is 67.4 Å². The molecular weight excluding hydrogens is 1530 g/mol. The van der Waals surface area contributed by atoms with Gasteiger partial charge in [0.2, 0.25) is 76.5 Å². The predicted octanol–water partition coefficient (Wildman–Crippen LogP) is -2.18. The lowest BCUT2D eigenvalue weighted by Gasteiger charge is -2.43. The van der Waals surface area contributed by atoms with E-state index in [1.165, 1.54) is 73.2 Å². The number of hydrogen-bond acceptors (Lipinski definition) is 18. The van der Waals surface area contributed by atoms with Crippen LogP contribution < -0.4 is 76.5 Å². The minimum absolute atomic E-state index is 0.0113. The number of carbonyl (C=O) groups excluding carboxylic acids is 12. The third kappa shape index (κ3) is 23.5. The van der Waals surface area contributed by atoms with Gasteiger partial charge in [0, 0.05) is 65.5 Å². The molecule has 0 radical (unpaired) electrons. The van der Waals surface area contributed by atoms with Crippen molar-refractivity contribution in [2.24, 2.45) is 33.7 Å². The molecule has 2 aromatic heterocycles. The number of amides is 12. The van der Waals surface area contributed by atoms with Gasteiger partial charge in [0.05, 0.1) is 30.9 Å². The zero-order valence-electron chi connectivity index (χ0n) is 59.2. The monoisotopic (exact) mass is 1610 g/mol. The molecular formula is C73H86IN19O16. The molecule has 576 valence electrons. The van der Waals surface area contributed by atoms with E-state index in [-0.39, 0.29) is 67.4 Å². The summed E-state index contributed by atoms with van der Waals surface area (Å²) in [5, 5.41) is 55.2. The second-order valence-corrected chi connectivity index (χ2v) is 27.5. The van der Waals surface area contributed by atoms with Crippen molar-refractivity contribution in [2.75, 3.05) is 6.54 Å². The number of nitrogens with one attached hydrogen (secondary N) is 11. The molecule has 1 aliphatic rings. The summed E-state index contributed by atoms with van der Waals surface area (Å²) in [6, 6.07) is 13.7. The zero-order valence-corrected chi connectivity index (χ0v) is 61.3. The number of aliphatic carboxylic acids is 1. The molecule has 24 N–H and O–H groups in total. The molecule has 1 saturated heterocycles. The van der Waals surface area contributed by atoms with Gasteiger partial charge in [-0.1, -0.05) is 84.9 Å². The van der Waals surface area contributed by atoms with Crippen LogP contribution in [0, 0.1) is 3.57 Å². The number of hydrogen-bond donors (Lipinski definition) is 19. The number of nitrogens with zero attached hydrogens (tertiary/aromatic N) is 3. The first-order valence-electron chi connectivity index (χ1n) is 34.4. The van der Waals surface area contributed by atoms with Crippen molar-refractivity contribution in [2.45, 2.75) is 144 Å². The Bertz CT molecular complexity index is 4470. The maximum absolute atomic E-state index is 15.9. The van der Waals surface area contributed by atoms with E-state index in [2.05, 4.69) is 90.4 Å². The maximum atomic E-state index is 15.9. The average molecular weight is 1610 g/mol. The molecule has 8 rings (SSSR count). The molecule has 11 atom stereocenters. The predicted molar refractivity (Wildman–Crippen MR) is 402 cm³/mol. The van der Waals surface area contributed by atoms with E-state index >= 15 is 33.6 Å². The maximum Gasteiger partial charge on any atom is 0.350 e. The van der Waals surface area contributed by atoms with Gasteiger partial charge in [-0.05, 0) is 126 Å². The van der Waals surface area contributed by atoms with Crippen molar-refractivity contribution in [3.63, 3.8) is 0 Å². The van der Waals surface area contributed by atoms with Crippen LogP contribution in [-0.2, 0) is 101 Å². The number of aromatic hydroxyl groups is 2. The van der Waals surface area contributed by atoms with Crippen LogP contribution in [0.3, 0.4) is 0 Å². The Hall–Kier alpha value is -12.5. The van der Waals surface area contributed by atoms with Crippen molar-refractivity contribution in [1.29, 1.82) is 0 Å². The van der Waals surface area contributed by atoms with E-state index in [1.807, 2.05) is 0 Å². The minimum atomic E-state index is -3.20. The molecule has 7 aromatic rings. The van der Waals surface area contributed by atoms with Gasteiger partial charge in [0.25, 0.3) is 0 Å². The largest absolute Gasteiger partial charge is 0.508 e. The summed E-state index contributed by atoms with van der Waals surface area (Å²) >= 11 is 2.05. The first-order chi connectivity index (χ1) is 51.8. The number of aromatic nitrogens is 3. The van der Waals surface area contributed by atoms with Gasteiger partial charge < -0.3 is 102 Å². The van der Waals surface area contributed by atoms with Crippen molar-refractivity contribution in [1.82, 2.24) is 67.7 Å². The van der Waals surface area contributed by atoms with Crippen molar-refractivity contribution in [3.8, 4) is 11.5 Å². The summed E-state index contributed by atoms with van der Waals surface area (Å²) in [7, 11) is 0. The first kappa shape index (κ1) is 82.2. The van der Waals surface area contributed by atoms with Gasteiger partial charge >= 0.3 is 5.97 Å². The smallest absolute Gasteiger partial charge is 0.350 e. The molecule has 35 nitrogen and oxygen atoms in total. The summed E-state index contributed by atoms with van der Waals surface area (Å²) in [6.45, 7) is 1.84. The van der Waals surface area contributed by atoms with E-state index in [0.717, 1.165) is 17.4 Å². The number of primary amides is 2. The quantitative estimate of drug-likeness (QED) is 0.0140. The zero-order chi connectivity index (χ0) is 79.2. The molecule has 12 amide bonds. The standard InChI is InChI=1S/C73H86IN19O16/c1-38-62(99)86-53(28-39-9-4-3-5-10-39)70(107)92-73(2,71(108)109)93(58(61(77)98)30-42-18-24-47(95)25-19-42)60(97)34-57(87-63(100)49(75)27-40-16-22-46(94)23-17-40)69(106)90-55(32-45-36-80-37-83-45)68(105)88-52(29-41-14-20-44(74)21-15-41)66(103)85-51(13-8-26-81-72(78)79)64(101)89-54(31-43-35-82-50-12-7-6-11-48(43)50)67(104)91-56(33-59(76)96)65(102)84-38/h3-7,9-12,14-25,35-38,49,51-58,82,94-95H,8,13,26-34,75H2,1-2H3,(H2,76,96)(H2,77,98)(H,80,83)(H,84,102)(H,85,103)(H,86,99)(H,87,100)(H,88,105)(H,89,101)(H,90,106)(H,91,104)(H,92,107)(H,108,109)(H4,78,79,81)/t38-,49-,51-,52+,53-,54-,55-,56-,57-,58-,73-/m0/s1. The molecule has 0 spiro atoms. The molecule has 3 heterocycles. The van der Waals surface area contributed by atoms with Gasteiger partial charge in [-0.25, -0.2) is 9.78 Å². The average Bonchev–Trinajstić information content (AvgIpc) is 1.20. The Morgan fingerprint density at radius 1 is 0.606 bits per heavy atom. The lowest BCUT2D eigenvalue weighted by Crippen LogP contribution is -2.72. The number of carboxylic acid groups (broad SMARTS) is 1. The van der Waals surface area contributed by atoms with Crippen molar-refractivity contribution >= 4 is 116 Å². The van der Waals surface area contributed by atoms with Crippen molar-refractivity contribution < 1.29 is 77.6 Å². The van der Waals surface area contributed by atoms with Crippen LogP contribution in [-0.4, -0.2) is 191 Å². The van der Waals surface area contributed by atoms with Gasteiger partial charge in [0.1, 0.15) is 65.9 Å². The molecule has 0 saturated carbocycles. The van der Waals surface area contributed by atoms with Crippen LogP contribution in [0.2, 0.25) is 0 Å². The van der Waals surface area contributed by atoms with E-state index < -0.39 is 175 Å². The fourth-order valence-electron chi connectivity index (χ4n) is 12.1. The molecule has 0 aliphatic carbocycles. The molecule has 0 unspecified atom stereocenters. The van der Waals surface area contributed by atoms with Crippen LogP contribution in [0.4, 0.5) is 0 Å². The second kappa shape index (κ2) is 38.2. The summed E-state index contributed by atoms with van der Waals surface area (Å²) in [5.41, 5.74) is 28.9. The van der Waals surface area contributed by atoms with E-state index in [9.17, 15) is 44.1 Å². The van der Waals surface area contributed by atoms with E-state index in [0.29, 0.717) is 38.1 Å². The molecule has 109 heavy (non-hydrogen) atoms. The number of carbonyl (C=O) groups is 13. The highest BCUT2D eigenvalue weighted by molar-refractivity contribution is 14.1. The minimum Gasteiger partial charge on any atom is -0.508 e. The summed E-state index contributed by atoms with van der Waals surface area (Å²) in [6.07, 6.45) is -0.940. The number of para-hydroxylation sites is 1. The number of guanidine groups is 1. The number of rotatable bonds is 23. The summed E-state index contributed by atoms with van der Waals surface area (Å²) < 4.78 is 0.770. The highest BCUT2D eigenvalue weighted by atomic mass is 127. The highest BCUT2D eigenvalue weighted by Gasteiger charge is 2.51. The third-order valence-corrected chi connectivity index (χ3v) is 18.6. The topological polar surface area (TPSA) is 581 Å². The number of aliphatic imine (C=N–C) groups is 1. The molecule has 5 aromatic carbocycles. The van der Waals surface area contributed by atoms with E-state index in [4.69, 9.17) is 28.7 Å². The van der Waals surface area contributed by atoms with Gasteiger partial charge in [-0.15, -0.1) is 0 Å². The SMILES string of the molecule is C[C@@H]1NC(=O)[C@H](CC(N)=O)NC(=O)[C@H](Cc2c[nH]c3ccccc23)NC(=O)[C@H](CCCN=C(N)N)NC(=O)[C@@H](Cc2ccc(I)cc2)NC(=O)[C@H](Cc2c[nH]cn2)NC(=O)[C@@H](NC(=O)[C@@H](N)Cc2ccc(O)cc2)CC(=O)N([C@@H](Cc2ccc(O)cc2)C(N)=O)[C@@](C)(C(=O)O)NC(=O)[C@H](Cc2ccccc2)NC1=O. The van der Waals surface area contributed by atoms with Crippen LogP contribution >= 0.6 is 22.6 Å². The van der Waals surface area contributed by atoms with Crippen LogP contribution in [0.25, 0.3) is 10.9 Å². The number of nitrogens with two attached hydrogens (primary N) is 5.